The van der Waals surface area contributed by atoms with E-state index in [0.717, 1.165) is 19.3 Å². The molecule has 0 saturated carbocycles. The van der Waals surface area contributed by atoms with Crippen LogP contribution in [0.1, 0.15) is 111 Å². The van der Waals surface area contributed by atoms with Gasteiger partial charge in [0.25, 0.3) is 0 Å². The average Bonchev–Trinajstić information content (AvgIpc) is 2.53. The van der Waals surface area contributed by atoms with Crippen molar-refractivity contribution in [2.45, 2.75) is 111 Å². The van der Waals surface area contributed by atoms with Gasteiger partial charge in [-0.15, -0.1) is 0 Å². The monoisotopic (exact) mass is 312 g/mol. The highest BCUT2D eigenvalue weighted by Crippen LogP contribution is 2.13. The van der Waals surface area contributed by atoms with Crippen LogP contribution in [0.25, 0.3) is 0 Å². The molecule has 0 radical (unpaired) electrons. The maximum Gasteiger partial charge on any atom is 0.305 e. The van der Waals surface area contributed by atoms with Crippen molar-refractivity contribution in [1.29, 1.82) is 0 Å². The van der Waals surface area contributed by atoms with Gasteiger partial charge in [0.2, 0.25) is 0 Å². The Kier molecular flexibility index (Phi) is 16.4. The average molecular weight is 313 g/mol. The summed E-state index contributed by atoms with van der Waals surface area (Å²) >= 11 is 0. The van der Waals surface area contributed by atoms with Crippen LogP contribution in [0.4, 0.5) is 0 Å². The van der Waals surface area contributed by atoms with E-state index in [1.807, 2.05) is 0 Å². The standard InChI is InChI=1S/C20H40O2/c1-4-7-8-9-10-11-12-13-14-15-16-17-20(21)22-18-19(5-2)6-3/h19H,4-18H2,1-3H3. The summed E-state index contributed by atoms with van der Waals surface area (Å²) in [6, 6.07) is 0. The molecular weight excluding hydrogens is 272 g/mol. The first kappa shape index (κ1) is 21.5. The van der Waals surface area contributed by atoms with E-state index in [9.17, 15) is 4.79 Å². The molecule has 0 aliphatic carbocycles. The van der Waals surface area contributed by atoms with Crippen molar-refractivity contribution >= 4 is 5.97 Å². The third-order valence-corrected chi connectivity index (χ3v) is 4.62. The Labute approximate surface area is 139 Å². The first-order valence-electron chi connectivity index (χ1n) is 9.90. The summed E-state index contributed by atoms with van der Waals surface area (Å²) in [7, 11) is 0. The zero-order valence-electron chi connectivity index (χ0n) is 15.5. The molecule has 0 rings (SSSR count). The van der Waals surface area contributed by atoms with Crippen molar-refractivity contribution < 1.29 is 9.53 Å². The second-order valence-corrected chi connectivity index (χ2v) is 6.65. The molecule has 2 nitrogen and oxygen atoms in total. The molecule has 0 aromatic carbocycles. The van der Waals surface area contributed by atoms with E-state index in [4.69, 9.17) is 4.74 Å². The fourth-order valence-electron chi connectivity index (χ4n) is 2.74. The lowest BCUT2D eigenvalue weighted by atomic mass is 10.0. The number of rotatable bonds is 16. The van der Waals surface area contributed by atoms with Crippen LogP contribution < -0.4 is 0 Å². The number of unbranched alkanes of at least 4 members (excludes halogenated alkanes) is 10. The number of ether oxygens (including phenoxy) is 1. The van der Waals surface area contributed by atoms with Crippen LogP contribution in [-0.4, -0.2) is 12.6 Å². The van der Waals surface area contributed by atoms with Gasteiger partial charge in [-0.2, -0.15) is 0 Å². The van der Waals surface area contributed by atoms with Gasteiger partial charge in [-0.25, -0.2) is 0 Å². The summed E-state index contributed by atoms with van der Waals surface area (Å²) < 4.78 is 5.34. The molecule has 0 aromatic heterocycles. The molecular formula is C20H40O2. The van der Waals surface area contributed by atoms with Gasteiger partial charge < -0.3 is 4.74 Å². The summed E-state index contributed by atoms with van der Waals surface area (Å²) in [6.07, 6.45) is 17.3. The maximum absolute atomic E-state index is 11.6. The Balaban J connectivity index is 3.23. The van der Waals surface area contributed by atoms with Gasteiger partial charge in [0.15, 0.2) is 0 Å². The lowest BCUT2D eigenvalue weighted by Crippen LogP contribution is -2.12. The first-order valence-corrected chi connectivity index (χ1v) is 9.90. The Bertz CT molecular complexity index is 234. The predicted molar refractivity (Wildman–Crippen MR) is 96.1 cm³/mol. The highest BCUT2D eigenvalue weighted by molar-refractivity contribution is 5.69. The third-order valence-electron chi connectivity index (χ3n) is 4.62. The van der Waals surface area contributed by atoms with Crippen LogP contribution in [0.15, 0.2) is 0 Å². The Morgan fingerprint density at radius 3 is 1.64 bits per heavy atom. The molecule has 0 amide bonds. The van der Waals surface area contributed by atoms with Gasteiger partial charge in [0.05, 0.1) is 6.61 Å². The molecule has 0 bridgehead atoms. The number of hydrogen-bond acceptors (Lipinski definition) is 2. The van der Waals surface area contributed by atoms with Crippen LogP contribution in [0.3, 0.4) is 0 Å². The second kappa shape index (κ2) is 16.8. The largest absolute Gasteiger partial charge is 0.465 e. The molecule has 0 unspecified atom stereocenters. The van der Waals surface area contributed by atoms with Crippen LogP contribution in [0.5, 0.6) is 0 Å². The molecule has 0 N–H and O–H groups in total. The smallest absolute Gasteiger partial charge is 0.305 e. The Morgan fingerprint density at radius 1 is 0.727 bits per heavy atom. The zero-order chi connectivity index (χ0) is 16.5. The van der Waals surface area contributed by atoms with Gasteiger partial charge >= 0.3 is 5.97 Å². The number of hydrogen-bond donors (Lipinski definition) is 0. The van der Waals surface area contributed by atoms with Crippen molar-refractivity contribution in [3.05, 3.63) is 0 Å². The van der Waals surface area contributed by atoms with Crippen molar-refractivity contribution in [3.63, 3.8) is 0 Å². The SMILES string of the molecule is CCCCCCCCCCCCCC(=O)OCC(CC)CC. The van der Waals surface area contributed by atoms with E-state index < -0.39 is 0 Å². The molecule has 0 aliphatic rings. The highest BCUT2D eigenvalue weighted by Gasteiger charge is 2.07. The van der Waals surface area contributed by atoms with E-state index >= 15 is 0 Å². The predicted octanol–water partition coefficient (Wildman–Crippen LogP) is 6.67. The molecule has 132 valence electrons. The minimum atomic E-state index is 0.00261. The fourth-order valence-corrected chi connectivity index (χ4v) is 2.74. The molecule has 0 saturated heterocycles. The van der Waals surface area contributed by atoms with Crippen molar-refractivity contribution in [2.24, 2.45) is 5.92 Å². The van der Waals surface area contributed by atoms with Crippen molar-refractivity contribution in [3.8, 4) is 0 Å². The van der Waals surface area contributed by atoms with Gasteiger partial charge in [0, 0.05) is 6.42 Å². The fraction of sp³-hybridized carbons (Fsp3) is 0.950. The van der Waals surface area contributed by atoms with E-state index in [1.54, 1.807) is 0 Å². The van der Waals surface area contributed by atoms with Crippen LogP contribution >= 0.6 is 0 Å². The molecule has 0 aliphatic heterocycles. The van der Waals surface area contributed by atoms with Crippen LogP contribution in [0.2, 0.25) is 0 Å². The Morgan fingerprint density at radius 2 is 1.18 bits per heavy atom. The summed E-state index contributed by atoms with van der Waals surface area (Å²) in [5.41, 5.74) is 0. The topological polar surface area (TPSA) is 26.3 Å². The molecule has 22 heavy (non-hydrogen) atoms. The summed E-state index contributed by atoms with van der Waals surface area (Å²) in [5.74, 6) is 0.545. The maximum atomic E-state index is 11.6. The minimum absolute atomic E-state index is 0.00261. The third kappa shape index (κ3) is 14.4. The van der Waals surface area contributed by atoms with E-state index in [2.05, 4.69) is 20.8 Å². The number of carbonyl (C=O) groups is 1. The van der Waals surface area contributed by atoms with E-state index in [0.29, 0.717) is 18.9 Å². The molecule has 0 heterocycles. The Hall–Kier alpha value is -0.530. The van der Waals surface area contributed by atoms with Crippen LogP contribution in [-0.2, 0) is 9.53 Å². The van der Waals surface area contributed by atoms with Crippen molar-refractivity contribution in [2.75, 3.05) is 6.61 Å². The molecule has 0 fully saturated rings. The summed E-state index contributed by atoms with van der Waals surface area (Å²) in [5, 5.41) is 0. The number of carbonyl (C=O) groups excluding carboxylic acids is 1. The first-order chi connectivity index (χ1) is 10.7. The highest BCUT2D eigenvalue weighted by atomic mass is 16.5. The molecule has 0 aromatic rings. The lowest BCUT2D eigenvalue weighted by molar-refractivity contribution is -0.145. The van der Waals surface area contributed by atoms with Crippen molar-refractivity contribution in [1.82, 2.24) is 0 Å². The quantitative estimate of drug-likeness (QED) is 0.235. The van der Waals surface area contributed by atoms with Gasteiger partial charge in [0.1, 0.15) is 0 Å². The zero-order valence-corrected chi connectivity index (χ0v) is 15.5. The molecule has 0 spiro atoms. The van der Waals surface area contributed by atoms with Gasteiger partial charge in [-0.3, -0.25) is 4.79 Å². The number of esters is 1. The summed E-state index contributed by atoms with van der Waals surface area (Å²) in [6.45, 7) is 7.20. The molecule has 0 atom stereocenters. The lowest BCUT2D eigenvalue weighted by Gasteiger charge is -2.12. The second-order valence-electron chi connectivity index (χ2n) is 6.65. The minimum Gasteiger partial charge on any atom is -0.465 e. The van der Waals surface area contributed by atoms with E-state index in [-0.39, 0.29) is 5.97 Å². The normalized spacial score (nSPS) is 11.1. The van der Waals surface area contributed by atoms with Gasteiger partial charge in [-0.05, 0) is 12.3 Å². The van der Waals surface area contributed by atoms with E-state index in [1.165, 1.54) is 64.2 Å². The summed E-state index contributed by atoms with van der Waals surface area (Å²) in [4.78, 5) is 11.6. The van der Waals surface area contributed by atoms with Gasteiger partial charge in [-0.1, -0.05) is 97.8 Å². The molecule has 2 heteroatoms. The van der Waals surface area contributed by atoms with Crippen LogP contribution in [0, 0.1) is 5.92 Å².